The summed E-state index contributed by atoms with van der Waals surface area (Å²) in [5, 5.41) is 9.41. The number of amides is 2. The predicted octanol–water partition coefficient (Wildman–Crippen LogP) is 2.93. The Hall–Kier alpha value is -2.34. The zero-order valence-corrected chi connectivity index (χ0v) is 14.3. The van der Waals surface area contributed by atoms with Crippen LogP contribution in [0.3, 0.4) is 0 Å². The number of nitrogens with zero attached hydrogens (tertiary/aromatic N) is 3. The van der Waals surface area contributed by atoms with Crippen molar-refractivity contribution in [2.24, 2.45) is 0 Å². The molecule has 2 amide bonds. The first-order valence-corrected chi connectivity index (χ1v) is 8.44. The van der Waals surface area contributed by atoms with Gasteiger partial charge in [0, 0.05) is 38.4 Å². The van der Waals surface area contributed by atoms with Gasteiger partial charge >= 0.3 is 6.03 Å². The van der Waals surface area contributed by atoms with Gasteiger partial charge in [-0.2, -0.15) is 5.10 Å². The maximum Gasteiger partial charge on any atom is 0.321 e. The van der Waals surface area contributed by atoms with E-state index in [1.54, 1.807) is 12.4 Å². The molecular weight excluding hydrogens is 302 g/mol. The number of aromatic nitrogens is 2. The number of benzene rings is 1. The van der Waals surface area contributed by atoms with Crippen LogP contribution < -0.4 is 5.32 Å². The van der Waals surface area contributed by atoms with E-state index in [1.165, 1.54) is 5.56 Å². The largest absolute Gasteiger partial charge is 0.325 e. The van der Waals surface area contributed by atoms with Crippen LogP contribution in [-0.2, 0) is 6.54 Å². The number of hydrogen-bond donors (Lipinski definition) is 2. The molecule has 24 heavy (non-hydrogen) atoms. The first-order valence-electron chi connectivity index (χ1n) is 8.44. The number of nitrogens with one attached hydrogen (secondary N) is 2. The van der Waals surface area contributed by atoms with E-state index in [0.29, 0.717) is 11.7 Å². The van der Waals surface area contributed by atoms with Crippen molar-refractivity contribution in [3.8, 4) is 0 Å². The van der Waals surface area contributed by atoms with E-state index in [-0.39, 0.29) is 12.1 Å². The molecule has 0 aliphatic carbocycles. The van der Waals surface area contributed by atoms with Crippen molar-refractivity contribution in [1.82, 2.24) is 20.0 Å². The fourth-order valence-electron chi connectivity index (χ4n) is 3.30. The molecule has 1 aromatic carbocycles. The zero-order valence-electron chi connectivity index (χ0n) is 14.3. The fourth-order valence-corrected chi connectivity index (χ4v) is 3.30. The second-order valence-electron chi connectivity index (χ2n) is 6.51. The number of urea groups is 1. The van der Waals surface area contributed by atoms with Crippen LogP contribution in [0.4, 0.5) is 10.5 Å². The summed E-state index contributed by atoms with van der Waals surface area (Å²) < 4.78 is 0. The van der Waals surface area contributed by atoms with E-state index in [4.69, 9.17) is 0 Å². The highest BCUT2D eigenvalue weighted by molar-refractivity contribution is 5.89. The predicted molar refractivity (Wildman–Crippen MR) is 94.7 cm³/mol. The molecule has 128 valence electrons. The lowest BCUT2D eigenvalue weighted by atomic mass is 9.96. The Bertz CT molecular complexity index is 643. The minimum atomic E-state index is -0.0786. The smallest absolute Gasteiger partial charge is 0.321 e. The van der Waals surface area contributed by atoms with E-state index in [1.807, 2.05) is 18.0 Å². The Morgan fingerprint density at radius 1 is 1.42 bits per heavy atom. The van der Waals surface area contributed by atoms with Crippen LogP contribution in [0.25, 0.3) is 0 Å². The first-order chi connectivity index (χ1) is 11.6. The Kier molecular flexibility index (Phi) is 5.15. The van der Waals surface area contributed by atoms with Crippen molar-refractivity contribution in [3.63, 3.8) is 0 Å². The number of piperidine rings is 1. The molecule has 0 bridgehead atoms. The van der Waals surface area contributed by atoms with Crippen LogP contribution in [0.15, 0.2) is 42.7 Å². The average Bonchev–Trinajstić information content (AvgIpc) is 3.10. The van der Waals surface area contributed by atoms with E-state index >= 15 is 0 Å². The SMILES string of the molecule is C[C@@H]1C[C@H](N(C)C(=O)Nc2cn[nH]c2)CCN1Cc1ccccc1. The highest BCUT2D eigenvalue weighted by atomic mass is 16.2. The monoisotopic (exact) mass is 327 g/mol. The molecular formula is C18H25N5O. The summed E-state index contributed by atoms with van der Waals surface area (Å²) in [5.41, 5.74) is 2.04. The van der Waals surface area contributed by atoms with Gasteiger partial charge in [-0.1, -0.05) is 30.3 Å². The first kappa shape index (κ1) is 16.5. The highest BCUT2D eigenvalue weighted by Crippen LogP contribution is 2.23. The van der Waals surface area contributed by atoms with E-state index < -0.39 is 0 Å². The number of H-pyrrole nitrogens is 1. The van der Waals surface area contributed by atoms with Gasteiger partial charge in [0.1, 0.15) is 0 Å². The van der Waals surface area contributed by atoms with Crippen LogP contribution in [0.2, 0.25) is 0 Å². The number of carbonyl (C=O) groups excluding carboxylic acids is 1. The molecule has 1 aliphatic heterocycles. The third-order valence-electron chi connectivity index (χ3n) is 4.83. The molecule has 2 heterocycles. The topological polar surface area (TPSA) is 64.3 Å². The molecule has 1 aliphatic rings. The molecule has 3 rings (SSSR count). The highest BCUT2D eigenvalue weighted by Gasteiger charge is 2.29. The number of anilines is 1. The van der Waals surface area contributed by atoms with E-state index in [9.17, 15) is 4.79 Å². The lowest BCUT2D eigenvalue weighted by Gasteiger charge is -2.41. The van der Waals surface area contributed by atoms with Crippen molar-refractivity contribution in [1.29, 1.82) is 0 Å². The third-order valence-corrected chi connectivity index (χ3v) is 4.83. The molecule has 0 saturated carbocycles. The maximum atomic E-state index is 12.3. The third kappa shape index (κ3) is 3.94. The number of carbonyl (C=O) groups is 1. The van der Waals surface area contributed by atoms with Gasteiger partial charge in [0.05, 0.1) is 11.9 Å². The van der Waals surface area contributed by atoms with Gasteiger partial charge in [-0.05, 0) is 25.3 Å². The minimum Gasteiger partial charge on any atom is -0.325 e. The van der Waals surface area contributed by atoms with Crippen LogP contribution in [-0.4, -0.2) is 51.7 Å². The van der Waals surface area contributed by atoms with Gasteiger partial charge in [0.25, 0.3) is 0 Å². The number of aromatic amines is 1. The molecule has 2 aromatic rings. The second-order valence-corrected chi connectivity index (χ2v) is 6.51. The molecule has 0 radical (unpaired) electrons. The molecule has 0 spiro atoms. The summed E-state index contributed by atoms with van der Waals surface area (Å²) >= 11 is 0. The fraction of sp³-hybridized carbons (Fsp3) is 0.444. The molecule has 2 atom stereocenters. The van der Waals surface area contributed by atoms with Gasteiger partial charge in [0.2, 0.25) is 0 Å². The molecule has 1 fully saturated rings. The van der Waals surface area contributed by atoms with Crippen molar-refractivity contribution >= 4 is 11.7 Å². The van der Waals surface area contributed by atoms with Gasteiger partial charge in [0.15, 0.2) is 0 Å². The standard InChI is InChI=1S/C18H25N5O/c1-14-10-17(22(2)18(24)21-16-11-19-20-12-16)8-9-23(14)13-15-6-4-3-5-7-15/h3-7,11-12,14,17H,8-10,13H2,1-2H3,(H,19,20)(H,21,24)/t14-,17-/m1/s1. The summed E-state index contributed by atoms with van der Waals surface area (Å²) in [6, 6.07) is 11.2. The van der Waals surface area contributed by atoms with Crippen molar-refractivity contribution in [2.45, 2.75) is 38.4 Å². The summed E-state index contributed by atoms with van der Waals surface area (Å²) in [4.78, 5) is 16.7. The minimum absolute atomic E-state index is 0.0786. The van der Waals surface area contributed by atoms with Crippen LogP contribution in [0.5, 0.6) is 0 Å². The average molecular weight is 327 g/mol. The Labute approximate surface area is 142 Å². The van der Waals surface area contributed by atoms with Crippen molar-refractivity contribution < 1.29 is 4.79 Å². The van der Waals surface area contributed by atoms with Crippen LogP contribution >= 0.6 is 0 Å². The molecule has 2 N–H and O–H groups in total. The normalized spacial score (nSPS) is 21.4. The molecule has 6 heteroatoms. The van der Waals surface area contributed by atoms with Crippen LogP contribution in [0.1, 0.15) is 25.3 Å². The molecule has 1 saturated heterocycles. The lowest BCUT2D eigenvalue weighted by molar-refractivity contribution is 0.0942. The number of rotatable bonds is 4. The van der Waals surface area contributed by atoms with Crippen molar-refractivity contribution in [3.05, 3.63) is 48.3 Å². The molecule has 1 aromatic heterocycles. The Balaban J connectivity index is 1.53. The summed E-state index contributed by atoms with van der Waals surface area (Å²) in [5.74, 6) is 0. The summed E-state index contributed by atoms with van der Waals surface area (Å²) in [6.45, 7) is 4.22. The van der Waals surface area contributed by atoms with Gasteiger partial charge in [-0.3, -0.25) is 10.00 Å². The zero-order chi connectivity index (χ0) is 16.9. The van der Waals surface area contributed by atoms with Crippen molar-refractivity contribution in [2.75, 3.05) is 18.9 Å². The lowest BCUT2D eigenvalue weighted by Crippen LogP contribution is -2.50. The van der Waals surface area contributed by atoms with Gasteiger partial charge < -0.3 is 10.2 Å². The van der Waals surface area contributed by atoms with Gasteiger partial charge in [-0.15, -0.1) is 0 Å². The van der Waals surface area contributed by atoms with E-state index in [0.717, 1.165) is 25.9 Å². The number of hydrogen-bond acceptors (Lipinski definition) is 3. The molecule has 6 nitrogen and oxygen atoms in total. The quantitative estimate of drug-likeness (QED) is 0.907. The Morgan fingerprint density at radius 3 is 2.88 bits per heavy atom. The second kappa shape index (κ2) is 7.49. The maximum absolute atomic E-state index is 12.3. The van der Waals surface area contributed by atoms with E-state index in [2.05, 4.69) is 51.6 Å². The Morgan fingerprint density at radius 2 is 2.21 bits per heavy atom. The summed E-state index contributed by atoms with van der Waals surface area (Å²) in [7, 11) is 1.87. The summed E-state index contributed by atoms with van der Waals surface area (Å²) in [6.07, 6.45) is 5.27. The van der Waals surface area contributed by atoms with Gasteiger partial charge in [-0.25, -0.2) is 4.79 Å². The number of likely N-dealkylation sites (tertiary alicyclic amines) is 1. The van der Waals surface area contributed by atoms with Crippen LogP contribution in [0, 0.1) is 0 Å². The molecule has 0 unspecified atom stereocenters.